The van der Waals surface area contributed by atoms with Crippen LogP contribution in [0.2, 0.25) is 5.02 Å². The lowest BCUT2D eigenvalue weighted by Gasteiger charge is -2.26. The molecular weight excluding hydrogens is 317 g/mol. The molecule has 0 bridgehead atoms. The van der Waals surface area contributed by atoms with Crippen LogP contribution in [0.25, 0.3) is 0 Å². The summed E-state index contributed by atoms with van der Waals surface area (Å²) in [5.74, 6) is -1.35. The van der Waals surface area contributed by atoms with Crippen LogP contribution in [0.15, 0.2) is 42.5 Å². The monoisotopic (exact) mass is 335 g/mol. The molecule has 2 N–H and O–H groups in total. The van der Waals surface area contributed by atoms with Crippen molar-refractivity contribution in [2.75, 3.05) is 6.54 Å². The largest absolute Gasteiger partial charge is 0.478 e. The number of carbonyl (C=O) groups is 1. The van der Waals surface area contributed by atoms with Gasteiger partial charge < -0.3 is 10.4 Å². The van der Waals surface area contributed by atoms with Crippen LogP contribution in [0.4, 0.5) is 4.39 Å². The van der Waals surface area contributed by atoms with Crippen LogP contribution in [0.3, 0.4) is 0 Å². The smallest absolute Gasteiger partial charge is 0.335 e. The van der Waals surface area contributed by atoms with Gasteiger partial charge in [-0.3, -0.25) is 0 Å². The Kier molecular flexibility index (Phi) is 5.39. The first kappa shape index (κ1) is 17.4. The van der Waals surface area contributed by atoms with Crippen LogP contribution < -0.4 is 5.32 Å². The summed E-state index contributed by atoms with van der Waals surface area (Å²) in [4.78, 5) is 11.0. The highest BCUT2D eigenvalue weighted by Crippen LogP contribution is 2.29. The van der Waals surface area contributed by atoms with Crippen molar-refractivity contribution in [2.45, 2.75) is 25.8 Å². The van der Waals surface area contributed by atoms with Crippen molar-refractivity contribution in [3.63, 3.8) is 0 Å². The number of rotatable bonds is 6. The van der Waals surface area contributed by atoms with Crippen LogP contribution in [0.1, 0.15) is 35.3 Å². The number of halogens is 2. The predicted molar refractivity (Wildman–Crippen MR) is 89.5 cm³/mol. The first-order valence-electron chi connectivity index (χ1n) is 7.29. The molecule has 2 rings (SSSR count). The number of hydrogen-bond donors (Lipinski definition) is 2. The Labute approximate surface area is 140 Å². The topological polar surface area (TPSA) is 49.3 Å². The van der Waals surface area contributed by atoms with Gasteiger partial charge >= 0.3 is 5.97 Å². The molecule has 0 fully saturated rings. The van der Waals surface area contributed by atoms with Crippen LogP contribution in [-0.2, 0) is 12.0 Å². The van der Waals surface area contributed by atoms with E-state index in [-0.39, 0.29) is 10.6 Å². The van der Waals surface area contributed by atoms with Crippen LogP contribution in [0.5, 0.6) is 0 Å². The third-order valence-corrected chi connectivity index (χ3v) is 4.04. The Morgan fingerprint density at radius 2 is 1.96 bits per heavy atom. The number of carboxylic acids is 1. The van der Waals surface area contributed by atoms with Crippen LogP contribution in [0, 0.1) is 5.82 Å². The van der Waals surface area contributed by atoms with E-state index < -0.39 is 17.2 Å². The third-order valence-electron chi connectivity index (χ3n) is 3.75. The number of nitrogens with one attached hydrogen (secondary N) is 1. The summed E-state index contributed by atoms with van der Waals surface area (Å²) in [6.07, 6.45) is 0. The zero-order valence-electron chi connectivity index (χ0n) is 13.1. The van der Waals surface area contributed by atoms with Gasteiger partial charge in [0.15, 0.2) is 0 Å². The minimum atomic E-state index is -0.951. The minimum Gasteiger partial charge on any atom is -0.478 e. The van der Waals surface area contributed by atoms with Gasteiger partial charge in [0.1, 0.15) is 5.82 Å². The SMILES string of the molecule is CC(C)(CNCc1cccc(C(=O)O)c1)c1cccc(Cl)c1F. The molecule has 2 aromatic rings. The van der Waals surface area contributed by atoms with Gasteiger partial charge in [0, 0.05) is 18.5 Å². The summed E-state index contributed by atoms with van der Waals surface area (Å²) in [6, 6.07) is 11.7. The molecule has 122 valence electrons. The van der Waals surface area contributed by atoms with Gasteiger partial charge in [-0.15, -0.1) is 0 Å². The molecule has 0 saturated heterocycles. The lowest BCUT2D eigenvalue weighted by Crippen LogP contribution is -2.33. The Hall–Kier alpha value is -1.91. The second-order valence-corrected chi connectivity index (χ2v) is 6.50. The maximum absolute atomic E-state index is 14.2. The van der Waals surface area contributed by atoms with Gasteiger partial charge in [-0.2, -0.15) is 0 Å². The molecule has 0 aliphatic carbocycles. The van der Waals surface area contributed by atoms with Gasteiger partial charge in [-0.25, -0.2) is 9.18 Å². The fourth-order valence-corrected chi connectivity index (χ4v) is 2.63. The molecule has 0 aliphatic heterocycles. The molecule has 2 aromatic carbocycles. The van der Waals surface area contributed by atoms with Gasteiger partial charge in [-0.05, 0) is 29.3 Å². The Morgan fingerprint density at radius 3 is 2.65 bits per heavy atom. The third kappa shape index (κ3) is 4.30. The predicted octanol–water partition coefficient (Wildman–Crippen LogP) is 4.24. The van der Waals surface area contributed by atoms with E-state index in [4.69, 9.17) is 16.7 Å². The van der Waals surface area contributed by atoms with Crippen molar-refractivity contribution >= 4 is 17.6 Å². The van der Waals surface area contributed by atoms with E-state index in [1.807, 2.05) is 19.9 Å². The quantitative estimate of drug-likeness (QED) is 0.830. The average Bonchev–Trinajstić information content (AvgIpc) is 2.50. The van der Waals surface area contributed by atoms with E-state index in [0.717, 1.165) is 5.56 Å². The number of hydrogen-bond acceptors (Lipinski definition) is 2. The normalized spacial score (nSPS) is 11.5. The van der Waals surface area contributed by atoms with E-state index >= 15 is 0 Å². The van der Waals surface area contributed by atoms with Crippen molar-refractivity contribution in [2.24, 2.45) is 0 Å². The maximum atomic E-state index is 14.2. The molecule has 0 aliphatic rings. The van der Waals surface area contributed by atoms with E-state index in [0.29, 0.717) is 18.7 Å². The first-order valence-corrected chi connectivity index (χ1v) is 7.66. The minimum absolute atomic E-state index is 0.115. The van der Waals surface area contributed by atoms with Crippen LogP contribution in [-0.4, -0.2) is 17.6 Å². The Morgan fingerprint density at radius 1 is 1.26 bits per heavy atom. The highest BCUT2D eigenvalue weighted by molar-refractivity contribution is 6.30. The molecule has 0 unspecified atom stereocenters. The molecule has 0 amide bonds. The molecule has 0 aromatic heterocycles. The lowest BCUT2D eigenvalue weighted by molar-refractivity contribution is 0.0696. The maximum Gasteiger partial charge on any atom is 0.335 e. The van der Waals surface area contributed by atoms with E-state index in [2.05, 4.69) is 5.32 Å². The highest BCUT2D eigenvalue weighted by Gasteiger charge is 2.24. The second kappa shape index (κ2) is 7.11. The summed E-state index contributed by atoms with van der Waals surface area (Å²) < 4.78 is 14.2. The molecule has 3 nitrogen and oxygen atoms in total. The van der Waals surface area contributed by atoms with Crippen molar-refractivity contribution in [3.8, 4) is 0 Å². The van der Waals surface area contributed by atoms with E-state index in [9.17, 15) is 9.18 Å². The molecule has 0 atom stereocenters. The van der Waals surface area contributed by atoms with Gasteiger partial charge in [0.25, 0.3) is 0 Å². The Balaban J connectivity index is 2.04. The van der Waals surface area contributed by atoms with Crippen molar-refractivity contribution < 1.29 is 14.3 Å². The van der Waals surface area contributed by atoms with Gasteiger partial charge in [0.05, 0.1) is 10.6 Å². The van der Waals surface area contributed by atoms with E-state index in [1.165, 1.54) is 6.07 Å². The molecule has 0 radical (unpaired) electrons. The van der Waals surface area contributed by atoms with Crippen LogP contribution >= 0.6 is 11.6 Å². The van der Waals surface area contributed by atoms with Gasteiger partial charge in [0.2, 0.25) is 0 Å². The molecule has 0 spiro atoms. The fraction of sp³-hybridized carbons (Fsp3) is 0.278. The Bertz CT molecular complexity index is 716. The number of carboxylic acid groups (broad SMARTS) is 1. The summed E-state index contributed by atoms with van der Waals surface area (Å²) in [5, 5.41) is 12.4. The van der Waals surface area contributed by atoms with E-state index in [1.54, 1.807) is 30.3 Å². The number of benzene rings is 2. The fourth-order valence-electron chi connectivity index (χ4n) is 2.46. The molecule has 23 heavy (non-hydrogen) atoms. The number of aromatic carboxylic acids is 1. The van der Waals surface area contributed by atoms with Crippen molar-refractivity contribution in [1.29, 1.82) is 0 Å². The molecule has 0 saturated carbocycles. The molecule has 5 heteroatoms. The first-order chi connectivity index (χ1) is 10.8. The zero-order valence-corrected chi connectivity index (χ0v) is 13.8. The van der Waals surface area contributed by atoms with Crippen molar-refractivity contribution in [1.82, 2.24) is 5.32 Å². The molecule has 0 heterocycles. The summed E-state index contributed by atoms with van der Waals surface area (Å²) in [7, 11) is 0. The summed E-state index contributed by atoms with van der Waals surface area (Å²) in [5.41, 5.74) is 1.23. The lowest BCUT2D eigenvalue weighted by atomic mass is 9.84. The standard InChI is InChI=1S/C18H19ClFNO2/c1-18(2,14-7-4-8-15(19)16(14)20)11-21-10-12-5-3-6-13(9-12)17(22)23/h3-9,21H,10-11H2,1-2H3,(H,22,23). The summed E-state index contributed by atoms with van der Waals surface area (Å²) in [6.45, 7) is 4.90. The zero-order chi connectivity index (χ0) is 17.0. The molecular formula is C18H19ClFNO2. The summed E-state index contributed by atoms with van der Waals surface area (Å²) >= 11 is 5.85. The second-order valence-electron chi connectivity index (χ2n) is 6.09. The van der Waals surface area contributed by atoms with Gasteiger partial charge in [-0.1, -0.05) is 49.7 Å². The highest BCUT2D eigenvalue weighted by atomic mass is 35.5. The average molecular weight is 336 g/mol. The van der Waals surface area contributed by atoms with Crippen molar-refractivity contribution in [3.05, 3.63) is 70.0 Å².